The van der Waals surface area contributed by atoms with E-state index in [0.29, 0.717) is 36.4 Å². The van der Waals surface area contributed by atoms with Crippen LogP contribution < -0.4 is 16.3 Å². The number of hydrogen-bond donors (Lipinski definition) is 3. The second-order valence-electron chi connectivity index (χ2n) is 14.4. The van der Waals surface area contributed by atoms with Crippen LogP contribution in [0.3, 0.4) is 0 Å². The summed E-state index contributed by atoms with van der Waals surface area (Å²) >= 11 is 0. The van der Waals surface area contributed by atoms with Crippen LogP contribution in [0.2, 0.25) is 25.7 Å². The number of rotatable bonds is 9. The van der Waals surface area contributed by atoms with E-state index in [-0.39, 0.29) is 50.7 Å². The van der Waals surface area contributed by atoms with Crippen LogP contribution in [-0.2, 0) is 25.6 Å². The van der Waals surface area contributed by atoms with Gasteiger partial charge in [-0.15, -0.1) is 0 Å². The number of nitrogens with one attached hydrogen (secondary N) is 2. The zero-order chi connectivity index (χ0) is 32.9. The molecule has 4 amide bonds. The number of anilines is 1. The Morgan fingerprint density at radius 2 is 1.87 bits per heavy atom. The molecule has 3 aliphatic rings. The molecule has 14 nitrogen and oxygen atoms in total. The quantitative estimate of drug-likeness (QED) is 0.210. The summed E-state index contributed by atoms with van der Waals surface area (Å²) < 4.78 is 14.1. The average Bonchev–Trinajstić information content (AvgIpc) is 3.21. The number of benzene rings is 1. The van der Waals surface area contributed by atoms with Crippen LogP contribution in [0.1, 0.15) is 50.0 Å². The molecule has 0 radical (unpaired) electrons. The zero-order valence-electron chi connectivity index (χ0n) is 26.9. The number of ether oxygens (including phenoxy) is 2. The van der Waals surface area contributed by atoms with Crippen molar-refractivity contribution >= 4 is 48.6 Å². The average molecular weight is 645 g/mol. The third-order valence-electron chi connectivity index (χ3n) is 8.34. The maximum absolute atomic E-state index is 13.8. The Hall–Kier alpha value is -3.69. The lowest BCUT2D eigenvalue weighted by Crippen LogP contribution is -2.73. The summed E-state index contributed by atoms with van der Waals surface area (Å²) in [5, 5.41) is 16.3. The van der Waals surface area contributed by atoms with Gasteiger partial charge in [0.25, 0.3) is 11.8 Å². The van der Waals surface area contributed by atoms with Crippen LogP contribution >= 0.6 is 0 Å². The van der Waals surface area contributed by atoms with E-state index in [1.165, 1.54) is 9.47 Å². The number of imidazole rings is 1. The Labute approximate surface area is 262 Å². The molecule has 1 atom stereocenters. The van der Waals surface area contributed by atoms with E-state index in [9.17, 15) is 29.1 Å². The minimum absolute atomic E-state index is 0.0805. The van der Waals surface area contributed by atoms with Gasteiger partial charge in [-0.2, -0.15) is 0 Å². The van der Waals surface area contributed by atoms with E-state index >= 15 is 0 Å². The maximum Gasteiger partial charge on any atom is 0.410 e. The normalized spacial score (nSPS) is 19.8. The second-order valence-corrected chi connectivity index (χ2v) is 20.0. The monoisotopic (exact) mass is 644 g/mol. The van der Waals surface area contributed by atoms with Gasteiger partial charge < -0.3 is 30.1 Å². The molecule has 2 fully saturated rings. The highest BCUT2D eigenvalue weighted by atomic mass is 28.3. The number of nitrogens with zero attached hydrogens (tertiary/aromatic N) is 4. The van der Waals surface area contributed by atoms with Gasteiger partial charge in [0.15, 0.2) is 0 Å². The molecule has 2 saturated heterocycles. The smallest absolute Gasteiger partial charge is 0.410 e. The lowest BCUT2D eigenvalue weighted by molar-refractivity contribution is -0.157. The van der Waals surface area contributed by atoms with Gasteiger partial charge in [0, 0.05) is 34.2 Å². The van der Waals surface area contributed by atoms with Crippen LogP contribution in [-0.4, -0.2) is 107 Å². The number of likely N-dealkylation sites (tertiary alicyclic amines) is 2. The minimum Gasteiger partial charge on any atom is -0.444 e. The minimum atomic E-state index is -1.36. The molecule has 246 valence electrons. The molecule has 2 aromatic rings. The molecule has 3 N–H and O–H groups in total. The summed E-state index contributed by atoms with van der Waals surface area (Å²) in [5.41, 5.74) is -0.445. The topological polar surface area (TPSA) is 164 Å². The third-order valence-corrected chi connectivity index (χ3v) is 10.0. The summed E-state index contributed by atoms with van der Waals surface area (Å²) in [5.74, 6) is -1.29. The van der Waals surface area contributed by atoms with Gasteiger partial charge in [0.2, 0.25) is 5.91 Å². The lowest BCUT2D eigenvalue weighted by atomic mass is 9.90. The van der Waals surface area contributed by atoms with Crippen LogP contribution in [0.4, 0.5) is 10.5 Å². The summed E-state index contributed by atoms with van der Waals surface area (Å²) in [4.78, 5) is 68.6. The van der Waals surface area contributed by atoms with Crippen LogP contribution in [0.25, 0.3) is 11.0 Å². The van der Waals surface area contributed by atoms with Gasteiger partial charge in [0.05, 0.1) is 47.5 Å². The Bertz CT molecular complexity index is 1580. The van der Waals surface area contributed by atoms with Gasteiger partial charge in [-0.25, -0.2) is 9.59 Å². The standard InChI is InChI=1S/C30H44N6O8Si/c1-29(2,3)44-28(42)33-15-30(16-33,17-37)32-25(39)19-7-8-20-24-23(19)31-11-12-34(24)27(41)36(20)21-9-10-22(38)35(26(21)40)18-43-13-14-45(4,5)6/h7-8,21,31,37H,9-18H2,1-6H3,(H,32,39). The van der Waals surface area contributed by atoms with E-state index in [4.69, 9.17) is 9.47 Å². The van der Waals surface area contributed by atoms with Crippen molar-refractivity contribution in [3.8, 4) is 0 Å². The Balaban J connectivity index is 1.38. The molecule has 1 aromatic heterocycles. The molecule has 0 spiro atoms. The SMILES string of the molecule is CC(C)(C)OC(=O)N1CC(CO)(NC(=O)c2ccc3c4c2NCCn4c(=O)n3C2CCC(=O)N(COCC[Si](C)(C)C)C2=O)C1. The largest absolute Gasteiger partial charge is 0.444 e. The van der Waals surface area contributed by atoms with E-state index in [0.717, 1.165) is 10.9 Å². The molecule has 45 heavy (non-hydrogen) atoms. The number of amides is 4. The molecule has 0 bridgehead atoms. The fourth-order valence-electron chi connectivity index (χ4n) is 5.94. The number of piperidine rings is 1. The predicted octanol–water partition coefficient (Wildman–Crippen LogP) is 1.94. The molecular weight excluding hydrogens is 600 g/mol. The number of aliphatic hydroxyl groups excluding tert-OH is 1. The molecule has 1 unspecified atom stereocenters. The number of aliphatic hydroxyl groups is 1. The first-order valence-corrected chi connectivity index (χ1v) is 19.1. The van der Waals surface area contributed by atoms with Gasteiger partial charge in [-0.1, -0.05) is 19.6 Å². The Morgan fingerprint density at radius 3 is 2.51 bits per heavy atom. The molecule has 3 aliphatic heterocycles. The van der Waals surface area contributed by atoms with Crippen molar-refractivity contribution in [1.29, 1.82) is 0 Å². The molecular formula is C30H44N6O8Si. The molecule has 15 heteroatoms. The third kappa shape index (κ3) is 6.51. The molecule has 0 saturated carbocycles. The summed E-state index contributed by atoms with van der Waals surface area (Å²) in [7, 11) is -1.36. The first-order chi connectivity index (χ1) is 21.0. The number of aromatic nitrogens is 2. The summed E-state index contributed by atoms with van der Waals surface area (Å²) in [6.07, 6.45) is -0.248. The molecule has 0 aliphatic carbocycles. The fourth-order valence-corrected chi connectivity index (χ4v) is 6.70. The van der Waals surface area contributed by atoms with Gasteiger partial charge in [-0.05, 0) is 45.4 Å². The van der Waals surface area contributed by atoms with Crippen molar-refractivity contribution in [1.82, 2.24) is 24.3 Å². The number of imide groups is 1. The number of carbonyl (C=O) groups is 4. The van der Waals surface area contributed by atoms with Crippen molar-refractivity contribution in [3.05, 3.63) is 28.2 Å². The van der Waals surface area contributed by atoms with Crippen molar-refractivity contribution < 1.29 is 33.8 Å². The first kappa shape index (κ1) is 32.7. The summed E-state index contributed by atoms with van der Waals surface area (Å²) in [6, 6.07) is 3.22. The van der Waals surface area contributed by atoms with Crippen molar-refractivity contribution in [2.24, 2.45) is 0 Å². The van der Waals surface area contributed by atoms with Gasteiger partial charge in [-0.3, -0.25) is 28.4 Å². The highest BCUT2D eigenvalue weighted by Gasteiger charge is 2.48. The van der Waals surface area contributed by atoms with Crippen LogP contribution in [0.15, 0.2) is 16.9 Å². The van der Waals surface area contributed by atoms with Gasteiger partial charge in [0.1, 0.15) is 18.4 Å². The van der Waals surface area contributed by atoms with Crippen LogP contribution in [0.5, 0.6) is 0 Å². The lowest BCUT2D eigenvalue weighted by Gasteiger charge is -2.49. The second kappa shape index (κ2) is 11.9. The fraction of sp³-hybridized carbons (Fsp3) is 0.633. The van der Waals surface area contributed by atoms with Gasteiger partial charge >= 0.3 is 11.8 Å². The van der Waals surface area contributed by atoms with E-state index in [1.807, 2.05) is 0 Å². The Kier molecular flexibility index (Phi) is 8.65. The highest BCUT2D eigenvalue weighted by Crippen LogP contribution is 2.34. The summed E-state index contributed by atoms with van der Waals surface area (Å²) in [6.45, 7) is 12.7. The van der Waals surface area contributed by atoms with Crippen molar-refractivity contribution in [3.63, 3.8) is 0 Å². The molecule has 4 heterocycles. The molecule has 1 aromatic carbocycles. The Morgan fingerprint density at radius 1 is 1.16 bits per heavy atom. The number of hydrogen-bond acceptors (Lipinski definition) is 9. The predicted molar refractivity (Wildman–Crippen MR) is 169 cm³/mol. The van der Waals surface area contributed by atoms with Crippen LogP contribution in [0, 0.1) is 0 Å². The molecule has 5 rings (SSSR count). The van der Waals surface area contributed by atoms with Crippen molar-refractivity contribution in [2.45, 2.75) is 83.0 Å². The zero-order valence-corrected chi connectivity index (χ0v) is 27.9. The van der Waals surface area contributed by atoms with E-state index < -0.39 is 48.9 Å². The first-order valence-electron chi connectivity index (χ1n) is 15.4. The highest BCUT2D eigenvalue weighted by molar-refractivity contribution is 6.76. The van der Waals surface area contributed by atoms with E-state index in [2.05, 4.69) is 30.3 Å². The maximum atomic E-state index is 13.8. The van der Waals surface area contributed by atoms with E-state index in [1.54, 1.807) is 37.5 Å². The number of carbonyl (C=O) groups excluding carboxylic acids is 4. The van der Waals surface area contributed by atoms with Crippen molar-refractivity contribution in [2.75, 3.05) is 44.9 Å².